The molecule has 0 unspecified atom stereocenters. The Labute approximate surface area is 95.9 Å². The van der Waals surface area contributed by atoms with E-state index in [0.717, 1.165) is 25.2 Å². The molecule has 4 nitrogen and oxygen atoms in total. The van der Waals surface area contributed by atoms with Gasteiger partial charge in [0.25, 0.3) is 0 Å². The van der Waals surface area contributed by atoms with Crippen LogP contribution < -0.4 is 5.32 Å². The Hall–Kier alpha value is -0.520. The Morgan fingerprint density at radius 2 is 2.40 bits per heavy atom. The van der Waals surface area contributed by atoms with Gasteiger partial charge in [-0.3, -0.25) is 4.21 Å². The first-order valence-electron chi connectivity index (χ1n) is 4.79. The zero-order valence-electron chi connectivity index (χ0n) is 8.36. The molecule has 0 aliphatic carbocycles. The fourth-order valence-electron chi connectivity index (χ4n) is 1.55. The molecule has 0 aromatic carbocycles. The Bertz CT molecular complexity index is 373. The molecule has 0 bridgehead atoms. The molecule has 2 heterocycles. The summed E-state index contributed by atoms with van der Waals surface area (Å²) in [6, 6.07) is 1.66. The lowest BCUT2D eigenvalue weighted by Crippen LogP contribution is -2.20. The van der Waals surface area contributed by atoms with Crippen LogP contribution in [-0.4, -0.2) is 32.5 Å². The first-order valence-corrected chi connectivity index (χ1v) is 6.38. The van der Waals surface area contributed by atoms with Crippen LogP contribution in [0.2, 0.25) is 5.15 Å². The quantitative estimate of drug-likeness (QED) is 0.622. The van der Waals surface area contributed by atoms with Gasteiger partial charge in [0.2, 0.25) is 5.16 Å². The van der Waals surface area contributed by atoms with Crippen molar-refractivity contribution < 1.29 is 4.21 Å². The van der Waals surface area contributed by atoms with Crippen molar-refractivity contribution in [2.75, 3.05) is 13.1 Å². The van der Waals surface area contributed by atoms with Gasteiger partial charge in [-0.2, -0.15) is 0 Å². The zero-order chi connectivity index (χ0) is 10.8. The van der Waals surface area contributed by atoms with Gasteiger partial charge in [0.1, 0.15) is 5.15 Å². The average Bonchev–Trinajstić information content (AvgIpc) is 2.67. The highest BCUT2D eigenvalue weighted by Crippen LogP contribution is 2.15. The molecule has 0 radical (unpaired) electrons. The highest BCUT2D eigenvalue weighted by Gasteiger charge is 2.24. The van der Waals surface area contributed by atoms with E-state index in [1.54, 1.807) is 6.07 Å². The normalized spacial score (nSPS) is 22.9. The largest absolute Gasteiger partial charge is 0.315 e. The van der Waals surface area contributed by atoms with Gasteiger partial charge in [-0.05, 0) is 26.0 Å². The lowest BCUT2D eigenvalue weighted by Gasteiger charge is -2.07. The molecule has 0 spiro atoms. The highest BCUT2D eigenvalue weighted by atomic mass is 35.5. The van der Waals surface area contributed by atoms with Crippen molar-refractivity contribution in [1.82, 2.24) is 15.3 Å². The molecule has 82 valence electrons. The van der Waals surface area contributed by atoms with Crippen LogP contribution in [-0.2, 0) is 10.8 Å². The summed E-state index contributed by atoms with van der Waals surface area (Å²) < 4.78 is 12.0. The monoisotopic (exact) mass is 245 g/mol. The molecule has 1 aromatic rings. The van der Waals surface area contributed by atoms with Crippen LogP contribution in [0.1, 0.15) is 12.1 Å². The third-order valence-corrected chi connectivity index (χ3v) is 4.04. The standard InChI is InChI=1S/C9H12ClN3OS/c1-6-4-8(10)13-9(12-6)15(14)7-2-3-11-5-7/h4,7,11H,2-3,5H2,1H3/t7-,15-/m0/s1. The highest BCUT2D eigenvalue weighted by molar-refractivity contribution is 7.85. The fourth-order valence-corrected chi connectivity index (χ4v) is 3.16. The number of hydrogen-bond donors (Lipinski definition) is 1. The number of halogens is 1. The van der Waals surface area contributed by atoms with Crippen molar-refractivity contribution in [1.29, 1.82) is 0 Å². The van der Waals surface area contributed by atoms with Gasteiger partial charge in [-0.1, -0.05) is 11.6 Å². The molecule has 0 amide bonds. The van der Waals surface area contributed by atoms with E-state index >= 15 is 0 Å². The number of nitrogens with zero attached hydrogens (tertiary/aromatic N) is 2. The molecule has 1 aromatic heterocycles. The van der Waals surface area contributed by atoms with Crippen LogP contribution in [0.15, 0.2) is 11.2 Å². The smallest absolute Gasteiger partial charge is 0.220 e. The molecular weight excluding hydrogens is 234 g/mol. The number of aryl methyl sites for hydroxylation is 1. The first-order chi connectivity index (χ1) is 7.16. The number of hydrogen-bond acceptors (Lipinski definition) is 4. The summed E-state index contributed by atoms with van der Waals surface area (Å²) in [6.45, 7) is 3.50. The maximum absolute atomic E-state index is 12.0. The molecule has 0 saturated carbocycles. The second kappa shape index (κ2) is 4.55. The second-order valence-electron chi connectivity index (χ2n) is 3.53. The van der Waals surface area contributed by atoms with Crippen molar-refractivity contribution in [3.8, 4) is 0 Å². The predicted octanol–water partition coefficient (Wildman–Crippen LogP) is 0.908. The van der Waals surface area contributed by atoms with E-state index < -0.39 is 10.8 Å². The summed E-state index contributed by atoms with van der Waals surface area (Å²) in [4.78, 5) is 8.16. The lowest BCUT2D eigenvalue weighted by molar-refractivity contribution is 0.663. The topological polar surface area (TPSA) is 54.9 Å². The Morgan fingerprint density at radius 3 is 3.00 bits per heavy atom. The van der Waals surface area contributed by atoms with Gasteiger partial charge in [0, 0.05) is 12.2 Å². The molecule has 2 atom stereocenters. The van der Waals surface area contributed by atoms with Crippen LogP contribution in [0, 0.1) is 6.92 Å². The van der Waals surface area contributed by atoms with Gasteiger partial charge in [-0.25, -0.2) is 9.97 Å². The molecule has 1 aliphatic heterocycles. The lowest BCUT2D eigenvalue weighted by atomic mass is 10.4. The molecule has 1 aliphatic rings. The first kappa shape index (κ1) is 11.0. The minimum Gasteiger partial charge on any atom is -0.315 e. The molecule has 1 fully saturated rings. The molecule has 15 heavy (non-hydrogen) atoms. The summed E-state index contributed by atoms with van der Waals surface area (Å²) >= 11 is 5.80. The SMILES string of the molecule is Cc1cc(Cl)nc([S@@](=O)[C@H]2CCNC2)n1. The van der Waals surface area contributed by atoms with Crippen LogP contribution in [0.4, 0.5) is 0 Å². The van der Waals surface area contributed by atoms with Gasteiger partial charge in [0.05, 0.1) is 16.0 Å². The van der Waals surface area contributed by atoms with E-state index in [4.69, 9.17) is 11.6 Å². The fraction of sp³-hybridized carbons (Fsp3) is 0.556. The van der Waals surface area contributed by atoms with E-state index in [1.165, 1.54) is 0 Å². The van der Waals surface area contributed by atoms with E-state index in [1.807, 2.05) is 6.92 Å². The van der Waals surface area contributed by atoms with Crippen LogP contribution in [0.5, 0.6) is 0 Å². The third kappa shape index (κ3) is 2.53. The summed E-state index contributed by atoms with van der Waals surface area (Å²) in [5.74, 6) is 0. The molecular formula is C9H12ClN3OS. The van der Waals surface area contributed by atoms with E-state index in [-0.39, 0.29) is 5.25 Å². The zero-order valence-corrected chi connectivity index (χ0v) is 9.94. The van der Waals surface area contributed by atoms with Crippen LogP contribution >= 0.6 is 11.6 Å². The molecule has 2 rings (SSSR count). The summed E-state index contributed by atoms with van der Waals surface area (Å²) in [6.07, 6.45) is 0.904. The van der Waals surface area contributed by atoms with E-state index in [9.17, 15) is 4.21 Å². The van der Waals surface area contributed by atoms with Crippen LogP contribution in [0.3, 0.4) is 0 Å². The second-order valence-corrected chi connectivity index (χ2v) is 5.54. The molecule has 1 saturated heterocycles. The van der Waals surface area contributed by atoms with Crippen molar-refractivity contribution in [3.05, 3.63) is 16.9 Å². The van der Waals surface area contributed by atoms with E-state index in [2.05, 4.69) is 15.3 Å². The van der Waals surface area contributed by atoms with Crippen molar-refractivity contribution in [2.24, 2.45) is 0 Å². The Balaban J connectivity index is 2.24. The molecule has 6 heteroatoms. The minimum atomic E-state index is -1.15. The number of nitrogens with one attached hydrogen (secondary N) is 1. The van der Waals surface area contributed by atoms with Gasteiger partial charge < -0.3 is 5.32 Å². The van der Waals surface area contributed by atoms with E-state index in [0.29, 0.717) is 10.3 Å². The van der Waals surface area contributed by atoms with Crippen molar-refractivity contribution >= 4 is 22.4 Å². The minimum absolute atomic E-state index is 0.114. The predicted molar refractivity (Wildman–Crippen MR) is 59.5 cm³/mol. The van der Waals surface area contributed by atoms with Crippen molar-refractivity contribution in [3.63, 3.8) is 0 Å². The summed E-state index contributed by atoms with van der Waals surface area (Å²) in [5, 5.41) is 4.00. The number of rotatable bonds is 2. The van der Waals surface area contributed by atoms with Gasteiger partial charge in [-0.15, -0.1) is 0 Å². The maximum Gasteiger partial charge on any atom is 0.220 e. The summed E-state index contributed by atoms with van der Waals surface area (Å²) in [5.41, 5.74) is 0.754. The van der Waals surface area contributed by atoms with Gasteiger partial charge >= 0.3 is 0 Å². The van der Waals surface area contributed by atoms with Crippen molar-refractivity contribution in [2.45, 2.75) is 23.8 Å². The van der Waals surface area contributed by atoms with Gasteiger partial charge in [0.15, 0.2) is 0 Å². The Kier molecular flexibility index (Phi) is 3.33. The number of aromatic nitrogens is 2. The Morgan fingerprint density at radius 1 is 1.60 bits per heavy atom. The average molecular weight is 246 g/mol. The summed E-state index contributed by atoms with van der Waals surface area (Å²) in [7, 11) is -1.15. The third-order valence-electron chi connectivity index (χ3n) is 2.30. The molecule has 1 N–H and O–H groups in total. The maximum atomic E-state index is 12.0. The van der Waals surface area contributed by atoms with Crippen LogP contribution in [0.25, 0.3) is 0 Å².